The lowest BCUT2D eigenvalue weighted by Crippen LogP contribution is -2.51. The van der Waals surface area contributed by atoms with E-state index in [4.69, 9.17) is 0 Å². The van der Waals surface area contributed by atoms with Gasteiger partial charge in [-0.1, -0.05) is 54.6 Å². The molecular formula is C26H24F3N3O3. The molecule has 0 aliphatic heterocycles. The molecule has 3 rings (SSSR count). The molecule has 0 radical (unpaired) electrons. The Morgan fingerprint density at radius 1 is 0.886 bits per heavy atom. The summed E-state index contributed by atoms with van der Waals surface area (Å²) in [6.45, 7) is -0.375. The van der Waals surface area contributed by atoms with Crippen molar-refractivity contribution in [1.29, 1.82) is 0 Å². The average Bonchev–Trinajstić information content (AvgIpc) is 2.86. The number of hydrogen-bond donors (Lipinski definition) is 2. The zero-order valence-corrected chi connectivity index (χ0v) is 18.9. The van der Waals surface area contributed by atoms with Crippen LogP contribution in [-0.4, -0.2) is 37.4 Å². The van der Waals surface area contributed by atoms with Crippen LogP contribution in [0.4, 0.5) is 18.9 Å². The Balaban J connectivity index is 1.74. The van der Waals surface area contributed by atoms with Gasteiger partial charge in [0.1, 0.15) is 6.04 Å². The third kappa shape index (κ3) is 7.17. The van der Waals surface area contributed by atoms with Crippen molar-refractivity contribution in [2.24, 2.45) is 0 Å². The van der Waals surface area contributed by atoms with E-state index >= 15 is 0 Å². The highest BCUT2D eigenvalue weighted by Crippen LogP contribution is 2.31. The highest BCUT2D eigenvalue weighted by Gasteiger charge is 2.32. The number of alkyl halides is 3. The predicted octanol–water partition coefficient (Wildman–Crippen LogP) is 3.83. The van der Waals surface area contributed by atoms with E-state index < -0.39 is 35.5 Å². The SMILES string of the molecule is CN(C(=O)[C@H](Cc1ccccc1)NC(=O)CNC(=O)c1ccccc1)c1cccc(C(F)(F)F)c1. The maximum absolute atomic E-state index is 13.2. The molecule has 3 aromatic rings. The highest BCUT2D eigenvalue weighted by atomic mass is 19.4. The normalized spacial score (nSPS) is 11.9. The number of rotatable bonds is 8. The molecule has 0 aliphatic rings. The first-order valence-corrected chi connectivity index (χ1v) is 10.8. The summed E-state index contributed by atoms with van der Waals surface area (Å²) in [5, 5.41) is 5.09. The van der Waals surface area contributed by atoms with E-state index in [0.29, 0.717) is 5.56 Å². The van der Waals surface area contributed by atoms with Crippen LogP contribution in [-0.2, 0) is 22.2 Å². The summed E-state index contributed by atoms with van der Waals surface area (Å²) in [5.41, 5.74) is 0.273. The van der Waals surface area contributed by atoms with E-state index in [0.717, 1.165) is 22.6 Å². The third-order valence-electron chi connectivity index (χ3n) is 5.25. The minimum atomic E-state index is -4.56. The van der Waals surface area contributed by atoms with Gasteiger partial charge in [0.25, 0.3) is 5.91 Å². The summed E-state index contributed by atoms with van der Waals surface area (Å²) in [4.78, 5) is 39.1. The largest absolute Gasteiger partial charge is 0.416 e. The number of amides is 3. The predicted molar refractivity (Wildman–Crippen MR) is 126 cm³/mol. The van der Waals surface area contributed by atoms with Crippen LogP contribution < -0.4 is 15.5 Å². The van der Waals surface area contributed by atoms with Gasteiger partial charge >= 0.3 is 6.18 Å². The van der Waals surface area contributed by atoms with Gasteiger partial charge in [-0.3, -0.25) is 14.4 Å². The van der Waals surface area contributed by atoms with Crippen LogP contribution in [0.15, 0.2) is 84.9 Å². The first kappa shape index (κ1) is 25.5. The quantitative estimate of drug-likeness (QED) is 0.511. The van der Waals surface area contributed by atoms with E-state index in [9.17, 15) is 27.6 Å². The molecular weight excluding hydrogens is 459 g/mol. The summed E-state index contributed by atoms with van der Waals surface area (Å²) in [5.74, 6) is -1.66. The number of nitrogens with one attached hydrogen (secondary N) is 2. The van der Waals surface area contributed by atoms with Crippen molar-refractivity contribution >= 4 is 23.4 Å². The molecule has 0 heterocycles. The van der Waals surface area contributed by atoms with Crippen molar-refractivity contribution in [2.45, 2.75) is 18.6 Å². The molecule has 0 spiro atoms. The van der Waals surface area contributed by atoms with Crippen molar-refractivity contribution < 1.29 is 27.6 Å². The van der Waals surface area contributed by atoms with Gasteiger partial charge < -0.3 is 15.5 Å². The molecule has 3 amide bonds. The van der Waals surface area contributed by atoms with Gasteiger partial charge in [0.15, 0.2) is 0 Å². The van der Waals surface area contributed by atoms with Crippen molar-refractivity contribution in [3.05, 3.63) is 102 Å². The maximum atomic E-state index is 13.2. The zero-order chi connectivity index (χ0) is 25.4. The van der Waals surface area contributed by atoms with Crippen LogP contribution in [0, 0.1) is 0 Å². The number of carbonyl (C=O) groups excluding carboxylic acids is 3. The van der Waals surface area contributed by atoms with E-state index in [1.54, 1.807) is 60.7 Å². The van der Waals surface area contributed by atoms with E-state index in [-0.39, 0.29) is 18.7 Å². The molecule has 9 heteroatoms. The Morgan fingerprint density at radius 3 is 2.14 bits per heavy atom. The summed E-state index contributed by atoms with van der Waals surface area (Å²) in [6, 6.07) is 20.5. The van der Waals surface area contributed by atoms with E-state index in [1.807, 2.05) is 0 Å². The van der Waals surface area contributed by atoms with Crippen molar-refractivity contribution in [2.75, 3.05) is 18.5 Å². The highest BCUT2D eigenvalue weighted by molar-refractivity contribution is 6.00. The lowest BCUT2D eigenvalue weighted by Gasteiger charge is -2.25. The average molecular weight is 483 g/mol. The Bertz CT molecular complexity index is 1170. The number of likely N-dealkylation sites (N-methyl/N-ethyl adjacent to an activating group) is 1. The minimum absolute atomic E-state index is 0.0366. The van der Waals surface area contributed by atoms with Crippen molar-refractivity contribution in [3.63, 3.8) is 0 Å². The van der Waals surface area contributed by atoms with Gasteiger partial charge in [-0.05, 0) is 35.9 Å². The lowest BCUT2D eigenvalue weighted by molar-refractivity contribution is -0.137. The molecule has 0 fully saturated rings. The molecule has 0 saturated carbocycles. The van der Waals surface area contributed by atoms with Gasteiger partial charge in [0, 0.05) is 24.7 Å². The molecule has 0 aliphatic carbocycles. The second kappa shape index (κ2) is 11.3. The Hall–Kier alpha value is -4.14. The molecule has 3 aromatic carbocycles. The molecule has 182 valence electrons. The molecule has 0 bridgehead atoms. The Labute approximate surface area is 200 Å². The summed E-state index contributed by atoms with van der Waals surface area (Å²) >= 11 is 0. The summed E-state index contributed by atoms with van der Waals surface area (Å²) < 4.78 is 39.4. The number of benzene rings is 3. The fraction of sp³-hybridized carbons (Fsp3) is 0.192. The van der Waals surface area contributed by atoms with Crippen molar-refractivity contribution in [1.82, 2.24) is 10.6 Å². The van der Waals surface area contributed by atoms with E-state index in [2.05, 4.69) is 10.6 Å². The molecule has 0 saturated heterocycles. The van der Waals surface area contributed by atoms with Crippen molar-refractivity contribution in [3.8, 4) is 0 Å². The lowest BCUT2D eigenvalue weighted by atomic mass is 10.0. The zero-order valence-electron chi connectivity index (χ0n) is 18.9. The molecule has 2 N–H and O–H groups in total. The Morgan fingerprint density at radius 2 is 1.51 bits per heavy atom. The fourth-order valence-electron chi connectivity index (χ4n) is 3.40. The van der Waals surface area contributed by atoms with Crippen LogP contribution in [0.2, 0.25) is 0 Å². The molecule has 35 heavy (non-hydrogen) atoms. The number of nitrogens with zero attached hydrogens (tertiary/aromatic N) is 1. The van der Waals surface area contributed by atoms with Gasteiger partial charge in [-0.25, -0.2) is 0 Å². The maximum Gasteiger partial charge on any atom is 0.416 e. The monoisotopic (exact) mass is 483 g/mol. The van der Waals surface area contributed by atoms with Crippen LogP contribution in [0.25, 0.3) is 0 Å². The van der Waals surface area contributed by atoms with Crippen LogP contribution >= 0.6 is 0 Å². The minimum Gasteiger partial charge on any atom is -0.343 e. The van der Waals surface area contributed by atoms with Gasteiger partial charge in [0.05, 0.1) is 12.1 Å². The van der Waals surface area contributed by atoms with Gasteiger partial charge in [-0.2, -0.15) is 13.2 Å². The van der Waals surface area contributed by atoms with Crippen LogP contribution in [0.1, 0.15) is 21.5 Å². The Kier molecular flexibility index (Phi) is 8.25. The number of anilines is 1. The molecule has 0 aromatic heterocycles. The first-order valence-electron chi connectivity index (χ1n) is 10.8. The van der Waals surface area contributed by atoms with E-state index in [1.165, 1.54) is 19.2 Å². The number of halogens is 3. The molecule has 6 nitrogen and oxygen atoms in total. The standard InChI is InChI=1S/C26H24F3N3O3/c1-32(21-14-8-13-20(16-21)26(27,28)29)25(35)22(15-18-9-4-2-5-10-18)31-23(33)17-30-24(34)19-11-6-3-7-12-19/h2-14,16,22H,15,17H2,1H3,(H,30,34)(H,31,33)/t22-/m0/s1. The number of carbonyl (C=O) groups is 3. The third-order valence-corrected chi connectivity index (χ3v) is 5.25. The number of hydrogen-bond acceptors (Lipinski definition) is 3. The molecule has 1 atom stereocenters. The van der Waals surface area contributed by atoms with Crippen LogP contribution in [0.5, 0.6) is 0 Å². The summed E-state index contributed by atoms with van der Waals surface area (Å²) in [6.07, 6.45) is -4.45. The second-order valence-electron chi connectivity index (χ2n) is 7.80. The molecule has 0 unspecified atom stereocenters. The smallest absolute Gasteiger partial charge is 0.343 e. The van der Waals surface area contributed by atoms with Gasteiger partial charge in [-0.15, -0.1) is 0 Å². The van der Waals surface area contributed by atoms with Crippen LogP contribution in [0.3, 0.4) is 0 Å². The topological polar surface area (TPSA) is 78.5 Å². The first-order chi connectivity index (χ1) is 16.6. The fourth-order valence-corrected chi connectivity index (χ4v) is 3.40. The van der Waals surface area contributed by atoms with Gasteiger partial charge in [0.2, 0.25) is 11.8 Å². The summed E-state index contributed by atoms with van der Waals surface area (Å²) in [7, 11) is 1.35. The second-order valence-corrected chi connectivity index (χ2v) is 7.80.